The number of fused-ring (bicyclic) bond motifs is 1. The van der Waals surface area contributed by atoms with Crippen LogP contribution in [-0.2, 0) is 16.0 Å². The van der Waals surface area contributed by atoms with E-state index < -0.39 is 0 Å². The van der Waals surface area contributed by atoms with Gasteiger partial charge in [0.05, 0.1) is 19.6 Å². The van der Waals surface area contributed by atoms with Crippen molar-refractivity contribution in [2.75, 3.05) is 26.3 Å². The molecule has 1 amide bonds. The molecule has 4 rings (SSSR count). The zero-order valence-electron chi connectivity index (χ0n) is 13.4. The summed E-state index contributed by atoms with van der Waals surface area (Å²) in [5, 5.41) is 3.89. The lowest BCUT2D eigenvalue weighted by Crippen LogP contribution is -2.41. The van der Waals surface area contributed by atoms with E-state index in [2.05, 4.69) is 4.98 Å². The van der Waals surface area contributed by atoms with Crippen molar-refractivity contribution in [3.63, 3.8) is 0 Å². The molecule has 0 spiro atoms. The van der Waals surface area contributed by atoms with Gasteiger partial charge in [-0.05, 0) is 13.0 Å². The summed E-state index contributed by atoms with van der Waals surface area (Å²) < 4.78 is 11.2. The molecule has 6 heteroatoms. The van der Waals surface area contributed by atoms with E-state index in [1.807, 2.05) is 41.5 Å². The van der Waals surface area contributed by atoms with E-state index in [4.69, 9.17) is 9.15 Å². The highest BCUT2D eigenvalue weighted by Gasteiger charge is 2.20. The molecule has 124 valence electrons. The number of thiazole rings is 1. The highest BCUT2D eigenvalue weighted by atomic mass is 32.1. The third-order valence-corrected chi connectivity index (χ3v) is 5.14. The van der Waals surface area contributed by atoms with Crippen LogP contribution < -0.4 is 0 Å². The van der Waals surface area contributed by atoms with Gasteiger partial charge in [-0.1, -0.05) is 18.2 Å². The minimum Gasteiger partial charge on any atom is -0.454 e. The zero-order chi connectivity index (χ0) is 16.5. The van der Waals surface area contributed by atoms with Gasteiger partial charge >= 0.3 is 0 Å². The Morgan fingerprint density at radius 3 is 2.88 bits per heavy atom. The highest BCUT2D eigenvalue weighted by molar-refractivity contribution is 7.10. The Kier molecular flexibility index (Phi) is 4.08. The highest BCUT2D eigenvalue weighted by Crippen LogP contribution is 2.33. The summed E-state index contributed by atoms with van der Waals surface area (Å²) in [5.41, 5.74) is 2.75. The van der Waals surface area contributed by atoms with Crippen LogP contribution in [0.15, 0.2) is 34.1 Å². The summed E-state index contributed by atoms with van der Waals surface area (Å²) in [5.74, 6) is 0.901. The first-order chi connectivity index (χ1) is 11.7. The van der Waals surface area contributed by atoms with Crippen molar-refractivity contribution < 1.29 is 13.9 Å². The van der Waals surface area contributed by atoms with Crippen LogP contribution in [-0.4, -0.2) is 42.1 Å². The first-order valence-corrected chi connectivity index (χ1v) is 8.89. The first kappa shape index (κ1) is 15.4. The number of aromatic nitrogens is 1. The summed E-state index contributed by atoms with van der Waals surface area (Å²) in [6, 6.07) is 7.97. The molecule has 2 aromatic heterocycles. The second-order valence-electron chi connectivity index (χ2n) is 5.85. The predicted octanol–water partition coefficient (Wildman–Crippen LogP) is 3.27. The van der Waals surface area contributed by atoms with Gasteiger partial charge in [-0.3, -0.25) is 4.79 Å². The Morgan fingerprint density at radius 1 is 1.29 bits per heavy atom. The molecule has 1 aliphatic rings. The van der Waals surface area contributed by atoms with Crippen molar-refractivity contribution in [1.82, 2.24) is 9.88 Å². The number of furan rings is 1. The fourth-order valence-corrected chi connectivity index (χ4v) is 3.73. The summed E-state index contributed by atoms with van der Waals surface area (Å²) >= 11 is 1.51. The Morgan fingerprint density at radius 2 is 2.08 bits per heavy atom. The Bertz CT molecular complexity index is 877. The van der Waals surface area contributed by atoms with Gasteiger partial charge in [0.2, 0.25) is 5.91 Å². The predicted molar refractivity (Wildman–Crippen MR) is 93.2 cm³/mol. The lowest BCUT2D eigenvalue weighted by atomic mass is 10.1. The van der Waals surface area contributed by atoms with E-state index >= 15 is 0 Å². The number of morpholine rings is 1. The SMILES string of the molecule is Cc1c(-c2csc(CC(=O)N3CCOCC3)n2)oc2ccccc12. The summed E-state index contributed by atoms with van der Waals surface area (Å²) in [7, 11) is 0. The first-order valence-electron chi connectivity index (χ1n) is 8.01. The molecule has 0 aliphatic carbocycles. The van der Waals surface area contributed by atoms with Crippen molar-refractivity contribution in [1.29, 1.82) is 0 Å². The lowest BCUT2D eigenvalue weighted by molar-refractivity contribution is -0.134. The minimum atomic E-state index is 0.112. The van der Waals surface area contributed by atoms with Crippen LogP contribution in [0.4, 0.5) is 0 Å². The third kappa shape index (κ3) is 2.83. The quantitative estimate of drug-likeness (QED) is 0.733. The van der Waals surface area contributed by atoms with Crippen molar-refractivity contribution in [2.45, 2.75) is 13.3 Å². The van der Waals surface area contributed by atoms with Crippen molar-refractivity contribution in [3.8, 4) is 11.5 Å². The molecule has 24 heavy (non-hydrogen) atoms. The van der Waals surface area contributed by atoms with Gasteiger partial charge in [-0.2, -0.15) is 0 Å². The molecule has 1 aliphatic heterocycles. The number of carbonyl (C=O) groups excluding carboxylic acids is 1. The van der Waals surface area contributed by atoms with Gasteiger partial charge in [0.25, 0.3) is 0 Å². The fourth-order valence-electron chi connectivity index (χ4n) is 2.97. The number of hydrogen-bond acceptors (Lipinski definition) is 5. The van der Waals surface area contributed by atoms with E-state index in [1.165, 1.54) is 11.3 Å². The molecule has 3 heterocycles. The molecule has 1 saturated heterocycles. The van der Waals surface area contributed by atoms with Gasteiger partial charge in [0.15, 0.2) is 5.76 Å². The fraction of sp³-hybridized carbons (Fsp3) is 0.333. The minimum absolute atomic E-state index is 0.112. The maximum absolute atomic E-state index is 12.3. The number of amides is 1. The standard InChI is InChI=1S/C18H18N2O3S/c1-12-13-4-2-3-5-15(13)23-18(12)14-11-24-16(19-14)10-17(21)20-6-8-22-9-7-20/h2-5,11H,6-10H2,1H3. The van der Waals surface area contributed by atoms with Crippen LogP contribution >= 0.6 is 11.3 Å². The number of carbonyl (C=O) groups is 1. The van der Waals surface area contributed by atoms with Gasteiger partial charge < -0.3 is 14.1 Å². The van der Waals surface area contributed by atoms with Crippen LogP contribution in [0.25, 0.3) is 22.4 Å². The summed E-state index contributed by atoms with van der Waals surface area (Å²) in [6.07, 6.45) is 0.337. The largest absolute Gasteiger partial charge is 0.454 e. The normalized spacial score (nSPS) is 15.1. The summed E-state index contributed by atoms with van der Waals surface area (Å²) in [6.45, 7) is 4.61. The van der Waals surface area contributed by atoms with Crippen LogP contribution in [0.1, 0.15) is 10.6 Å². The number of ether oxygens (including phenoxy) is 1. The molecular weight excluding hydrogens is 324 g/mol. The Hall–Kier alpha value is -2.18. The average molecular weight is 342 g/mol. The smallest absolute Gasteiger partial charge is 0.229 e. The molecule has 0 bridgehead atoms. The van der Waals surface area contributed by atoms with E-state index in [0.717, 1.165) is 33.0 Å². The number of nitrogens with zero attached hydrogens (tertiary/aromatic N) is 2. The Balaban J connectivity index is 1.55. The lowest BCUT2D eigenvalue weighted by Gasteiger charge is -2.26. The molecule has 0 unspecified atom stereocenters. The molecular formula is C18H18N2O3S. The number of hydrogen-bond donors (Lipinski definition) is 0. The van der Waals surface area contributed by atoms with Crippen LogP contribution in [0.5, 0.6) is 0 Å². The van der Waals surface area contributed by atoms with Crippen LogP contribution in [0, 0.1) is 6.92 Å². The Labute approximate surface area is 143 Å². The van der Waals surface area contributed by atoms with E-state index in [-0.39, 0.29) is 5.91 Å². The molecule has 3 aromatic rings. The number of para-hydroxylation sites is 1. The van der Waals surface area contributed by atoms with E-state index in [0.29, 0.717) is 32.7 Å². The maximum atomic E-state index is 12.3. The van der Waals surface area contributed by atoms with Gasteiger partial charge in [-0.15, -0.1) is 11.3 Å². The monoisotopic (exact) mass is 342 g/mol. The van der Waals surface area contributed by atoms with Crippen LogP contribution in [0.2, 0.25) is 0 Å². The number of aryl methyl sites for hydroxylation is 1. The second kappa shape index (κ2) is 6.37. The summed E-state index contributed by atoms with van der Waals surface area (Å²) in [4.78, 5) is 18.8. The molecule has 0 saturated carbocycles. The van der Waals surface area contributed by atoms with Gasteiger partial charge in [0.1, 0.15) is 16.3 Å². The maximum Gasteiger partial charge on any atom is 0.229 e. The molecule has 1 aromatic carbocycles. The van der Waals surface area contributed by atoms with E-state index in [9.17, 15) is 4.79 Å². The van der Waals surface area contributed by atoms with Crippen LogP contribution in [0.3, 0.4) is 0 Å². The third-order valence-electron chi connectivity index (χ3n) is 4.29. The zero-order valence-corrected chi connectivity index (χ0v) is 14.3. The molecule has 0 atom stereocenters. The van der Waals surface area contributed by atoms with Gasteiger partial charge in [0, 0.05) is 29.4 Å². The van der Waals surface area contributed by atoms with Crippen molar-refractivity contribution in [2.24, 2.45) is 0 Å². The second-order valence-corrected chi connectivity index (χ2v) is 6.79. The van der Waals surface area contributed by atoms with Gasteiger partial charge in [-0.25, -0.2) is 4.98 Å². The average Bonchev–Trinajstić information content (AvgIpc) is 3.21. The molecule has 1 fully saturated rings. The van der Waals surface area contributed by atoms with Crippen molar-refractivity contribution >= 4 is 28.2 Å². The number of benzene rings is 1. The molecule has 0 N–H and O–H groups in total. The number of rotatable bonds is 3. The van der Waals surface area contributed by atoms with Crippen molar-refractivity contribution in [3.05, 3.63) is 40.2 Å². The molecule has 5 nitrogen and oxygen atoms in total. The van der Waals surface area contributed by atoms with E-state index in [1.54, 1.807) is 0 Å². The topological polar surface area (TPSA) is 55.6 Å². The molecule has 0 radical (unpaired) electrons.